The highest BCUT2D eigenvalue weighted by molar-refractivity contribution is 5.66. The normalized spacial score (nSPS) is 14.8. The molecule has 0 saturated heterocycles. The molecule has 2 heterocycles. The van der Waals surface area contributed by atoms with Crippen molar-refractivity contribution in [2.75, 3.05) is 6.61 Å². The molecule has 0 amide bonds. The van der Waals surface area contributed by atoms with Crippen molar-refractivity contribution in [1.29, 1.82) is 0 Å². The number of aryl methyl sites for hydroxylation is 2. The second-order valence-electron chi connectivity index (χ2n) is 4.79. The van der Waals surface area contributed by atoms with E-state index < -0.39 is 0 Å². The van der Waals surface area contributed by atoms with Gasteiger partial charge in [0.1, 0.15) is 5.82 Å². The zero-order valence-electron chi connectivity index (χ0n) is 10.6. The van der Waals surface area contributed by atoms with Crippen molar-refractivity contribution in [3.05, 3.63) is 24.4 Å². The van der Waals surface area contributed by atoms with E-state index in [2.05, 4.69) is 15.1 Å². The number of rotatable bonds is 4. The molecule has 0 aliphatic heterocycles. The van der Waals surface area contributed by atoms with Crippen LogP contribution in [0.5, 0.6) is 5.88 Å². The first kappa shape index (κ1) is 11.2. The summed E-state index contributed by atoms with van der Waals surface area (Å²) in [6.45, 7) is 2.63. The molecule has 0 bridgehead atoms. The molecule has 1 fully saturated rings. The van der Waals surface area contributed by atoms with Crippen LogP contribution < -0.4 is 4.74 Å². The summed E-state index contributed by atoms with van der Waals surface area (Å²) in [4.78, 5) is 8.63. The van der Waals surface area contributed by atoms with Gasteiger partial charge in [0.2, 0.25) is 5.88 Å². The highest BCUT2D eigenvalue weighted by Gasteiger charge is 2.23. The summed E-state index contributed by atoms with van der Waals surface area (Å²) < 4.78 is 7.58. The van der Waals surface area contributed by atoms with Crippen LogP contribution >= 0.6 is 0 Å². The predicted octanol–water partition coefficient (Wildman–Crippen LogP) is 1.97. The average molecular weight is 244 g/mol. The van der Waals surface area contributed by atoms with Crippen molar-refractivity contribution < 1.29 is 4.74 Å². The van der Waals surface area contributed by atoms with Gasteiger partial charge >= 0.3 is 0 Å². The summed E-state index contributed by atoms with van der Waals surface area (Å²) >= 11 is 0. The molecule has 3 rings (SSSR count). The predicted molar refractivity (Wildman–Crippen MR) is 67.2 cm³/mol. The summed E-state index contributed by atoms with van der Waals surface area (Å²) in [5, 5.41) is 4.17. The van der Waals surface area contributed by atoms with Crippen molar-refractivity contribution >= 4 is 0 Å². The topological polar surface area (TPSA) is 52.8 Å². The van der Waals surface area contributed by atoms with E-state index in [9.17, 15) is 0 Å². The second kappa shape index (κ2) is 4.40. The molecular formula is C13H16N4O. The van der Waals surface area contributed by atoms with E-state index in [4.69, 9.17) is 4.74 Å². The quantitative estimate of drug-likeness (QED) is 0.825. The molecule has 5 nitrogen and oxygen atoms in total. The number of nitrogens with zero attached hydrogens (tertiary/aromatic N) is 4. The molecule has 0 spiro atoms. The Balaban J connectivity index is 1.91. The van der Waals surface area contributed by atoms with Crippen molar-refractivity contribution in [3.8, 4) is 17.0 Å². The molecule has 2 aromatic heterocycles. The highest BCUT2D eigenvalue weighted by Crippen LogP contribution is 2.32. The van der Waals surface area contributed by atoms with Crippen molar-refractivity contribution in [2.24, 2.45) is 13.0 Å². The molecule has 0 N–H and O–H groups in total. The molecule has 2 aromatic rings. The molecule has 94 valence electrons. The molecule has 0 aromatic carbocycles. The van der Waals surface area contributed by atoms with Crippen LogP contribution in [0.25, 0.3) is 11.1 Å². The lowest BCUT2D eigenvalue weighted by Crippen LogP contribution is -2.04. The molecule has 1 aliphatic carbocycles. The Kier molecular flexibility index (Phi) is 2.74. The van der Waals surface area contributed by atoms with E-state index in [1.54, 1.807) is 10.9 Å². The minimum absolute atomic E-state index is 0.669. The van der Waals surface area contributed by atoms with Gasteiger partial charge in [-0.15, -0.1) is 0 Å². The van der Waals surface area contributed by atoms with Gasteiger partial charge in [-0.05, 0) is 25.7 Å². The molecular weight excluding hydrogens is 228 g/mol. The molecule has 5 heteroatoms. The molecule has 0 atom stereocenters. The first-order chi connectivity index (χ1) is 8.72. The van der Waals surface area contributed by atoms with Gasteiger partial charge in [0.05, 0.1) is 18.4 Å². The fourth-order valence-corrected chi connectivity index (χ4v) is 1.80. The van der Waals surface area contributed by atoms with Gasteiger partial charge in [0.15, 0.2) is 0 Å². The molecule has 0 radical (unpaired) electrons. The van der Waals surface area contributed by atoms with E-state index in [1.165, 1.54) is 12.8 Å². The Labute approximate surface area is 106 Å². The number of hydrogen-bond donors (Lipinski definition) is 0. The minimum atomic E-state index is 0.669. The summed E-state index contributed by atoms with van der Waals surface area (Å²) in [6.07, 6.45) is 8.09. The van der Waals surface area contributed by atoms with Crippen LogP contribution in [-0.2, 0) is 7.05 Å². The van der Waals surface area contributed by atoms with E-state index in [1.807, 2.05) is 26.4 Å². The molecule has 18 heavy (non-hydrogen) atoms. The maximum absolute atomic E-state index is 5.82. The van der Waals surface area contributed by atoms with Crippen LogP contribution in [0.2, 0.25) is 0 Å². The van der Waals surface area contributed by atoms with E-state index >= 15 is 0 Å². The lowest BCUT2D eigenvalue weighted by atomic mass is 10.2. The Hall–Kier alpha value is -1.91. The van der Waals surface area contributed by atoms with Gasteiger partial charge in [0.25, 0.3) is 0 Å². The summed E-state index contributed by atoms with van der Waals surface area (Å²) in [5.74, 6) is 2.11. The first-order valence-corrected chi connectivity index (χ1v) is 6.18. The third-order valence-corrected chi connectivity index (χ3v) is 3.04. The SMILES string of the molecule is Cc1ncc(-c2cnn(C)c2)c(OCC2CC2)n1. The zero-order valence-corrected chi connectivity index (χ0v) is 10.6. The van der Waals surface area contributed by atoms with Crippen LogP contribution in [0.4, 0.5) is 0 Å². The average Bonchev–Trinajstić information content (AvgIpc) is 3.08. The van der Waals surface area contributed by atoms with Gasteiger partial charge in [-0.3, -0.25) is 4.68 Å². The fourth-order valence-electron chi connectivity index (χ4n) is 1.80. The lowest BCUT2D eigenvalue weighted by Gasteiger charge is -2.09. The third kappa shape index (κ3) is 2.34. The summed E-state index contributed by atoms with van der Waals surface area (Å²) in [7, 11) is 1.89. The highest BCUT2D eigenvalue weighted by atomic mass is 16.5. The maximum atomic E-state index is 5.82. The van der Waals surface area contributed by atoms with Gasteiger partial charge < -0.3 is 4.74 Å². The third-order valence-electron chi connectivity index (χ3n) is 3.04. The number of hydrogen-bond acceptors (Lipinski definition) is 4. The monoisotopic (exact) mass is 244 g/mol. The van der Waals surface area contributed by atoms with E-state index in [0.29, 0.717) is 11.8 Å². The van der Waals surface area contributed by atoms with Crippen molar-refractivity contribution in [3.63, 3.8) is 0 Å². The fraction of sp³-hybridized carbons (Fsp3) is 0.462. The first-order valence-electron chi connectivity index (χ1n) is 6.18. The standard InChI is InChI=1S/C13H16N4O/c1-9-14-6-12(11-5-15-17(2)7-11)13(16-9)18-8-10-3-4-10/h5-7,10H,3-4,8H2,1-2H3. The lowest BCUT2D eigenvalue weighted by molar-refractivity contribution is 0.288. The van der Waals surface area contributed by atoms with Crippen molar-refractivity contribution in [1.82, 2.24) is 19.7 Å². The molecule has 1 aliphatic rings. The van der Waals surface area contributed by atoms with Gasteiger partial charge in [-0.1, -0.05) is 0 Å². The van der Waals surface area contributed by atoms with Crippen LogP contribution in [0.1, 0.15) is 18.7 Å². The van der Waals surface area contributed by atoms with Crippen LogP contribution in [0, 0.1) is 12.8 Å². The van der Waals surface area contributed by atoms with Crippen molar-refractivity contribution in [2.45, 2.75) is 19.8 Å². The van der Waals surface area contributed by atoms with Gasteiger partial charge in [-0.25, -0.2) is 4.98 Å². The Morgan fingerprint density at radius 3 is 2.89 bits per heavy atom. The number of ether oxygens (including phenoxy) is 1. The summed E-state index contributed by atoms with van der Waals surface area (Å²) in [6, 6.07) is 0. The van der Waals surface area contributed by atoms with E-state index in [0.717, 1.165) is 23.6 Å². The van der Waals surface area contributed by atoms with Crippen LogP contribution in [0.3, 0.4) is 0 Å². The Morgan fingerprint density at radius 1 is 1.39 bits per heavy atom. The minimum Gasteiger partial charge on any atom is -0.477 e. The second-order valence-corrected chi connectivity index (χ2v) is 4.79. The summed E-state index contributed by atoms with van der Waals surface area (Å²) in [5.41, 5.74) is 1.90. The molecule has 1 saturated carbocycles. The van der Waals surface area contributed by atoms with E-state index in [-0.39, 0.29) is 0 Å². The van der Waals surface area contributed by atoms with Gasteiger partial charge in [0, 0.05) is 25.0 Å². The zero-order chi connectivity index (χ0) is 12.5. The Morgan fingerprint density at radius 2 is 2.22 bits per heavy atom. The largest absolute Gasteiger partial charge is 0.477 e. The van der Waals surface area contributed by atoms with Crippen LogP contribution in [0.15, 0.2) is 18.6 Å². The van der Waals surface area contributed by atoms with Crippen LogP contribution in [-0.4, -0.2) is 26.4 Å². The Bertz CT molecular complexity index is 560. The molecule has 0 unspecified atom stereocenters. The van der Waals surface area contributed by atoms with Gasteiger partial charge in [-0.2, -0.15) is 10.1 Å². The number of aromatic nitrogens is 4. The maximum Gasteiger partial charge on any atom is 0.224 e. The smallest absolute Gasteiger partial charge is 0.224 e.